The van der Waals surface area contributed by atoms with Gasteiger partial charge >= 0.3 is 5.97 Å². The molecule has 1 fully saturated rings. The van der Waals surface area contributed by atoms with E-state index < -0.39 is 12.0 Å². The molecule has 1 aliphatic rings. The molecule has 0 radical (unpaired) electrons. The van der Waals surface area contributed by atoms with E-state index in [0.29, 0.717) is 43.1 Å². The van der Waals surface area contributed by atoms with Gasteiger partial charge in [-0.1, -0.05) is 12.1 Å². The monoisotopic (exact) mass is 370 g/mol. The van der Waals surface area contributed by atoms with Crippen molar-refractivity contribution in [1.29, 1.82) is 0 Å². The Morgan fingerprint density at radius 1 is 1.04 bits per heavy atom. The quantitative estimate of drug-likeness (QED) is 0.837. The number of rotatable bonds is 5. The molecule has 0 bridgehead atoms. The van der Waals surface area contributed by atoms with Crippen molar-refractivity contribution in [3.63, 3.8) is 0 Å². The van der Waals surface area contributed by atoms with Crippen molar-refractivity contribution in [3.05, 3.63) is 59.7 Å². The van der Waals surface area contributed by atoms with Gasteiger partial charge in [0.1, 0.15) is 17.5 Å². The van der Waals surface area contributed by atoms with Gasteiger partial charge in [-0.05, 0) is 42.0 Å². The Kier molecular flexibility index (Phi) is 5.61. The van der Waals surface area contributed by atoms with Gasteiger partial charge in [0.15, 0.2) is 0 Å². The molecule has 0 spiro atoms. The first-order valence-corrected chi connectivity index (χ1v) is 8.68. The molecule has 0 saturated carbocycles. The summed E-state index contributed by atoms with van der Waals surface area (Å²) in [6, 6.07) is 12.4. The van der Waals surface area contributed by atoms with E-state index in [9.17, 15) is 19.8 Å². The van der Waals surface area contributed by atoms with Crippen molar-refractivity contribution in [1.82, 2.24) is 9.80 Å². The highest BCUT2D eigenvalue weighted by molar-refractivity contribution is 5.94. The zero-order valence-electron chi connectivity index (χ0n) is 15.0. The number of nitrogens with zero attached hydrogens (tertiary/aromatic N) is 2. The fourth-order valence-electron chi connectivity index (χ4n) is 3.30. The minimum absolute atomic E-state index is 0.0343. The molecule has 1 saturated heterocycles. The molecule has 7 nitrogen and oxygen atoms in total. The number of piperazine rings is 1. The molecular weight excluding hydrogens is 348 g/mol. The zero-order chi connectivity index (χ0) is 19.4. The van der Waals surface area contributed by atoms with Crippen LogP contribution in [0, 0.1) is 0 Å². The van der Waals surface area contributed by atoms with Crippen molar-refractivity contribution in [2.45, 2.75) is 6.04 Å². The number of benzene rings is 2. The third kappa shape index (κ3) is 4.20. The Balaban J connectivity index is 1.67. The van der Waals surface area contributed by atoms with Crippen LogP contribution < -0.4 is 4.74 Å². The average Bonchev–Trinajstić information content (AvgIpc) is 2.68. The molecule has 27 heavy (non-hydrogen) atoms. The highest BCUT2D eigenvalue weighted by Gasteiger charge is 2.31. The van der Waals surface area contributed by atoms with Crippen LogP contribution in [0.4, 0.5) is 0 Å². The van der Waals surface area contributed by atoms with E-state index in [-0.39, 0.29) is 11.7 Å². The van der Waals surface area contributed by atoms with Crippen LogP contribution in [-0.4, -0.2) is 65.2 Å². The van der Waals surface area contributed by atoms with Crippen LogP contribution in [-0.2, 0) is 4.79 Å². The normalized spacial score (nSPS) is 16.0. The molecule has 0 unspecified atom stereocenters. The molecule has 1 amide bonds. The van der Waals surface area contributed by atoms with Gasteiger partial charge in [-0.3, -0.25) is 14.5 Å². The lowest BCUT2D eigenvalue weighted by molar-refractivity contribution is -0.144. The molecule has 1 aliphatic heterocycles. The van der Waals surface area contributed by atoms with Gasteiger partial charge < -0.3 is 19.8 Å². The number of phenols is 1. The molecule has 2 N–H and O–H groups in total. The summed E-state index contributed by atoms with van der Waals surface area (Å²) < 4.78 is 5.10. The third-order valence-electron chi connectivity index (χ3n) is 4.72. The maximum atomic E-state index is 12.6. The van der Waals surface area contributed by atoms with E-state index in [0.717, 1.165) is 0 Å². The van der Waals surface area contributed by atoms with E-state index in [1.165, 1.54) is 12.1 Å². The van der Waals surface area contributed by atoms with E-state index in [2.05, 4.69) is 0 Å². The van der Waals surface area contributed by atoms with E-state index in [1.54, 1.807) is 48.4 Å². The number of phenolic OH excluding ortho intramolecular Hbond substituents is 1. The summed E-state index contributed by atoms with van der Waals surface area (Å²) in [4.78, 5) is 28.0. The number of ether oxygens (including phenoxy) is 1. The maximum Gasteiger partial charge on any atom is 0.325 e. The highest BCUT2D eigenvalue weighted by Crippen LogP contribution is 2.26. The van der Waals surface area contributed by atoms with Crippen LogP contribution in [0.15, 0.2) is 48.5 Å². The first-order chi connectivity index (χ1) is 13.0. The zero-order valence-corrected chi connectivity index (χ0v) is 15.0. The first-order valence-electron chi connectivity index (χ1n) is 8.68. The van der Waals surface area contributed by atoms with Gasteiger partial charge in [0, 0.05) is 31.7 Å². The number of carboxylic acid groups (broad SMARTS) is 1. The van der Waals surface area contributed by atoms with E-state index in [1.807, 2.05) is 4.90 Å². The van der Waals surface area contributed by atoms with Crippen molar-refractivity contribution >= 4 is 11.9 Å². The lowest BCUT2D eigenvalue weighted by Crippen LogP contribution is -2.51. The lowest BCUT2D eigenvalue weighted by atomic mass is 10.0. The number of hydrogen-bond acceptors (Lipinski definition) is 5. The third-order valence-corrected chi connectivity index (χ3v) is 4.72. The minimum atomic E-state index is -0.976. The summed E-state index contributed by atoms with van der Waals surface area (Å²) in [5, 5.41) is 19.3. The maximum absolute atomic E-state index is 12.6. The molecule has 0 aliphatic carbocycles. The summed E-state index contributed by atoms with van der Waals surface area (Å²) in [7, 11) is 1.57. The lowest BCUT2D eigenvalue weighted by Gasteiger charge is -2.37. The first kappa shape index (κ1) is 18.7. The Morgan fingerprint density at radius 2 is 1.70 bits per heavy atom. The molecule has 1 heterocycles. The number of carbonyl (C=O) groups excluding carboxylic acids is 1. The topological polar surface area (TPSA) is 90.3 Å². The second kappa shape index (κ2) is 8.09. The molecule has 3 rings (SSSR count). The van der Waals surface area contributed by atoms with Crippen molar-refractivity contribution < 1.29 is 24.5 Å². The molecule has 0 aromatic heterocycles. The second-order valence-corrected chi connectivity index (χ2v) is 6.39. The smallest absolute Gasteiger partial charge is 0.325 e. The minimum Gasteiger partial charge on any atom is -0.508 e. The molecule has 2 aromatic rings. The van der Waals surface area contributed by atoms with Crippen molar-refractivity contribution in [2.75, 3.05) is 33.3 Å². The SMILES string of the molecule is COc1ccc(C(=O)N2CCN([C@@H](C(=O)O)c3cccc(O)c3)CC2)cc1. The standard InChI is InChI=1S/C20H22N2O5/c1-27-17-7-5-14(6-8-17)19(24)22-11-9-21(10-12-22)18(20(25)26)15-3-2-4-16(23)13-15/h2-8,13,18,23H,9-12H2,1H3,(H,25,26)/t18-/m1/s1. The number of aromatic hydroxyl groups is 1. The Bertz CT molecular complexity index is 813. The number of carbonyl (C=O) groups is 2. The summed E-state index contributed by atoms with van der Waals surface area (Å²) in [5.74, 6) is -0.337. The van der Waals surface area contributed by atoms with Crippen LogP contribution in [0.25, 0.3) is 0 Å². The number of amides is 1. The van der Waals surface area contributed by atoms with Crippen LogP contribution in [0.1, 0.15) is 22.0 Å². The second-order valence-electron chi connectivity index (χ2n) is 6.39. The van der Waals surface area contributed by atoms with Gasteiger partial charge in [-0.25, -0.2) is 0 Å². The number of aliphatic carboxylic acids is 1. The predicted octanol–water partition coefficient (Wildman–Crippen LogP) is 1.98. The molecular formula is C20H22N2O5. The fourth-order valence-corrected chi connectivity index (χ4v) is 3.30. The molecule has 7 heteroatoms. The summed E-state index contributed by atoms with van der Waals surface area (Å²) in [6.07, 6.45) is 0. The molecule has 1 atom stereocenters. The summed E-state index contributed by atoms with van der Waals surface area (Å²) in [5.41, 5.74) is 1.10. The number of carboxylic acids is 1. The largest absolute Gasteiger partial charge is 0.508 e. The highest BCUT2D eigenvalue weighted by atomic mass is 16.5. The van der Waals surface area contributed by atoms with E-state index >= 15 is 0 Å². The molecule has 2 aromatic carbocycles. The van der Waals surface area contributed by atoms with Crippen LogP contribution >= 0.6 is 0 Å². The van der Waals surface area contributed by atoms with Crippen LogP contribution in [0.5, 0.6) is 11.5 Å². The molecule has 142 valence electrons. The van der Waals surface area contributed by atoms with Crippen molar-refractivity contribution in [2.24, 2.45) is 0 Å². The Morgan fingerprint density at radius 3 is 2.26 bits per heavy atom. The summed E-state index contributed by atoms with van der Waals surface area (Å²) in [6.45, 7) is 1.75. The van der Waals surface area contributed by atoms with E-state index in [4.69, 9.17) is 4.74 Å². The van der Waals surface area contributed by atoms with Crippen molar-refractivity contribution in [3.8, 4) is 11.5 Å². The van der Waals surface area contributed by atoms with Gasteiger partial charge in [-0.15, -0.1) is 0 Å². The Labute approximate surface area is 157 Å². The van der Waals surface area contributed by atoms with Crippen LogP contribution in [0.3, 0.4) is 0 Å². The van der Waals surface area contributed by atoms with Gasteiger partial charge in [-0.2, -0.15) is 0 Å². The predicted molar refractivity (Wildman–Crippen MR) is 99.0 cm³/mol. The Hall–Kier alpha value is -3.06. The van der Waals surface area contributed by atoms with Gasteiger partial charge in [0.25, 0.3) is 5.91 Å². The fraction of sp³-hybridized carbons (Fsp3) is 0.300. The van der Waals surface area contributed by atoms with Crippen LogP contribution in [0.2, 0.25) is 0 Å². The number of hydrogen-bond donors (Lipinski definition) is 2. The average molecular weight is 370 g/mol. The van der Waals surface area contributed by atoms with Gasteiger partial charge in [0.2, 0.25) is 0 Å². The summed E-state index contributed by atoms with van der Waals surface area (Å²) >= 11 is 0. The van der Waals surface area contributed by atoms with Gasteiger partial charge in [0.05, 0.1) is 7.11 Å². The number of methoxy groups -OCH3 is 1.